The molecule has 0 aliphatic heterocycles. The summed E-state index contributed by atoms with van der Waals surface area (Å²) in [5.41, 5.74) is 0.756. The minimum absolute atomic E-state index is 0.00676. The molecule has 0 spiro atoms. The summed E-state index contributed by atoms with van der Waals surface area (Å²) in [5.74, 6) is -3.55. The summed E-state index contributed by atoms with van der Waals surface area (Å²) < 4.78 is 0. The number of amides is 5. The Hall–Kier alpha value is -3.61. The second kappa shape index (κ2) is 21.2. The van der Waals surface area contributed by atoms with E-state index in [1.165, 1.54) is 11.8 Å². The first-order chi connectivity index (χ1) is 21.8. The fourth-order valence-electron chi connectivity index (χ4n) is 4.80. The number of hydrogen-bond donors (Lipinski definition) is 6. The number of carbonyl (C=O) groups is 6. The van der Waals surface area contributed by atoms with E-state index in [1.54, 1.807) is 26.0 Å². The Kier molecular flexibility index (Phi) is 18.7. The van der Waals surface area contributed by atoms with E-state index in [4.69, 9.17) is 0 Å². The van der Waals surface area contributed by atoms with Crippen molar-refractivity contribution in [1.29, 1.82) is 0 Å². The second-order valence-corrected chi connectivity index (χ2v) is 13.1. The Balaban J connectivity index is 3.33. The van der Waals surface area contributed by atoms with Crippen molar-refractivity contribution in [2.75, 3.05) is 12.0 Å². The maximum atomic E-state index is 13.8. The van der Waals surface area contributed by atoms with E-state index >= 15 is 0 Å². The number of aliphatic carboxylic acids is 1. The lowest BCUT2D eigenvalue weighted by atomic mass is 9.94. The summed E-state index contributed by atoms with van der Waals surface area (Å²) in [5, 5.41) is 23.1. The molecule has 1 aromatic rings. The molecule has 1 rings (SSSR count). The fourth-order valence-corrected chi connectivity index (χ4v) is 5.27. The third-order valence-electron chi connectivity index (χ3n) is 8.02. The number of nitrogens with one attached hydrogen (secondary N) is 5. The van der Waals surface area contributed by atoms with E-state index in [1.807, 2.05) is 52.1 Å². The molecule has 7 atom stereocenters. The molecule has 0 radical (unpaired) electrons. The van der Waals surface area contributed by atoms with Gasteiger partial charge in [0.15, 0.2) is 0 Å². The van der Waals surface area contributed by atoms with Gasteiger partial charge in [-0.25, -0.2) is 4.79 Å². The van der Waals surface area contributed by atoms with Crippen molar-refractivity contribution in [1.82, 2.24) is 26.6 Å². The molecule has 0 aliphatic carbocycles. The van der Waals surface area contributed by atoms with Gasteiger partial charge in [0.1, 0.15) is 30.2 Å². The van der Waals surface area contributed by atoms with Gasteiger partial charge in [-0.3, -0.25) is 24.0 Å². The van der Waals surface area contributed by atoms with Crippen LogP contribution in [0.2, 0.25) is 0 Å². The van der Waals surface area contributed by atoms with Crippen molar-refractivity contribution in [3.63, 3.8) is 0 Å². The van der Waals surface area contributed by atoms with E-state index in [9.17, 15) is 33.9 Å². The molecule has 0 saturated heterocycles. The first-order valence-electron chi connectivity index (χ1n) is 16.0. The number of hydrogen-bond acceptors (Lipinski definition) is 7. The fraction of sp³-hybridized carbons (Fsp3) is 0.636. The van der Waals surface area contributed by atoms with Crippen molar-refractivity contribution < 1.29 is 33.9 Å². The highest BCUT2D eigenvalue weighted by molar-refractivity contribution is 7.98. The summed E-state index contributed by atoms with van der Waals surface area (Å²) in [6, 6.07) is 3.92. The third-order valence-corrected chi connectivity index (χ3v) is 8.67. The highest BCUT2D eigenvalue weighted by Crippen LogP contribution is 2.14. The topological polar surface area (TPSA) is 183 Å². The minimum Gasteiger partial charge on any atom is -0.480 e. The van der Waals surface area contributed by atoms with E-state index in [0.29, 0.717) is 31.4 Å². The van der Waals surface area contributed by atoms with Gasteiger partial charge in [-0.1, -0.05) is 84.7 Å². The number of benzene rings is 1. The molecule has 0 aromatic heterocycles. The summed E-state index contributed by atoms with van der Waals surface area (Å²) in [6.07, 6.45) is 4.13. The van der Waals surface area contributed by atoms with Gasteiger partial charge in [-0.05, 0) is 48.2 Å². The molecule has 0 saturated carbocycles. The standard InChI is InChI=1S/C33H53N5O7S/c1-8-21(5)27(32(43)38-28(33(44)45)22(6)9-2)37-31(42)26(18-23-13-11-10-12-14-23)36-30(41)25(17-20(3)4)35-29(40)24(34-19-39)15-16-46-7/h10-14,19-22,24-28H,8-9,15-18H2,1-7H3,(H,34,39)(H,35,40)(H,36,41)(H,37,42)(H,38,43)(H,44,45)/t21-,22-,24-,25-,26-,27-,28-/m0/s1. The molecule has 5 amide bonds. The van der Waals surface area contributed by atoms with Crippen LogP contribution in [0.15, 0.2) is 30.3 Å². The average molecular weight is 664 g/mol. The first-order valence-corrected chi connectivity index (χ1v) is 17.4. The number of carbonyl (C=O) groups excluding carboxylic acids is 5. The van der Waals surface area contributed by atoms with Gasteiger partial charge >= 0.3 is 5.97 Å². The van der Waals surface area contributed by atoms with Gasteiger partial charge in [-0.15, -0.1) is 0 Å². The van der Waals surface area contributed by atoms with Crippen LogP contribution in [-0.4, -0.2) is 83.3 Å². The third kappa shape index (κ3) is 13.8. The predicted molar refractivity (Wildman–Crippen MR) is 180 cm³/mol. The summed E-state index contributed by atoms with van der Waals surface area (Å²) in [4.78, 5) is 77.1. The van der Waals surface area contributed by atoms with Crippen LogP contribution in [0.25, 0.3) is 0 Å². The zero-order chi connectivity index (χ0) is 34.8. The van der Waals surface area contributed by atoms with Crippen LogP contribution in [0, 0.1) is 17.8 Å². The maximum Gasteiger partial charge on any atom is 0.326 e. The molecule has 0 aliphatic rings. The lowest BCUT2D eigenvalue weighted by Crippen LogP contribution is -2.60. The van der Waals surface area contributed by atoms with Crippen LogP contribution in [0.1, 0.15) is 72.8 Å². The first kappa shape index (κ1) is 40.4. The van der Waals surface area contributed by atoms with Crippen LogP contribution in [0.3, 0.4) is 0 Å². The van der Waals surface area contributed by atoms with E-state index < -0.39 is 59.8 Å². The Morgan fingerprint density at radius 3 is 1.80 bits per heavy atom. The Labute approximate surface area is 277 Å². The summed E-state index contributed by atoms with van der Waals surface area (Å²) in [7, 11) is 0. The quantitative estimate of drug-likeness (QED) is 0.102. The molecule has 0 unspecified atom stereocenters. The molecular weight excluding hydrogens is 610 g/mol. The molecule has 1 aromatic carbocycles. The predicted octanol–water partition coefficient (Wildman–Crippen LogP) is 2.26. The number of carboxylic acid groups (broad SMARTS) is 1. The normalized spacial score (nSPS) is 15.7. The molecule has 12 nitrogen and oxygen atoms in total. The van der Waals surface area contributed by atoms with Gasteiger partial charge in [0.2, 0.25) is 30.0 Å². The molecule has 13 heteroatoms. The Morgan fingerprint density at radius 1 is 0.761 bits per heavy atom. The zero-order valence-electron chi connectivity index (χ0n) is 28.1. The number of thioether (sulfide) groups is 1. The highest BCUT2D eigenvalue weighted by atomic mass is 32.2. The van der Waals surface area contributed by atoms with Crippen molar-refractivity contribution in [3.05, 3.63) is 35.9 Å². The Morgan fingerprint density at radius 2 is 1.28 bits per heavy atom. The van der Waals surface area contributed by atoms with E-state index in [-0.39, 0.29) is 30.6 Å². The van der Waals surface area contributed by atoms with Crippen molar-refractivity contribution in [2.24, 2.45) is 17.8 Å². The monoisotopic (exact) mass is 663 g/mol. The lowest BCUT2D eigenvalue weighted by molar-refractivity contribution is -0.144. The molecule has 6 N–H and O–H groups in total. The lowest BCUT2D eigenvalue weighted by Gasteiger charge is -2.30. The molecular formula is C33H53N5O7S. The van der Waals surface area contributed by atoms with Crippen LogP contribution >= 0.6 is 11.8 Å². The van der Waals surface area contributed by atoms with Crippen molar-refractivity contribution in [3.8, 4) is 0 Å². The van der Waals surface area contributed by atoms with Gasteiger partial charge in [-0.2, -0.15) is 11.8 Å². The van der Waals surface area contributed by atoms with Crippen molar-refractivity contribution >= 4 is 47.8 Å². The minimum atomic E-state index is -1.16. The molecule has 0 heterocycles. The second-order valence-electron chi connectivity index (χ2n) is 12.1. The van der Waals surface area contributed by atoms with Gasteiger partial charge in [0.05, 0.1) is 0 Å². The van der Waals surface area contributed by atoms with Crippen LogP contribution in [0.4, 0.5) is 0 Å². The molecule has 258 valence electrons. The zero-order valence-corrected chi connectivity index (χ0v) is 28.9. The van der Waals surface area contributed by atoms with E-state index in [2.05, 4.69) is 26.6 Å². The summed E-state index contributed by atoms with van der Waals surface area (Å²) >= 11 is 1.52. The molecule has 0 bridgehead atoms. The van der Waals surface area contributed by atoms with Crippen LogP contribution in [-0.2, 0) is 35.2 Å². The Bertz CT molecular complexity index is 1140. The smallest absolute Gasteiger partial charge is 0.326 e. The average Bonchev–Trinajstić information content (AvgIpc) is 3.02. The number of carboxylic acids is 1. The van der Waals surface area contributed by atoms with Crippen molar-refractivity contribution in [2.45, 2.75) is 104 Å². The largest absolute Gasteiger partial charge is 0.480 e. The van der Waals surface area contributed by atoms with Gasteiger partial charge in [0, 0.05) is 6.42 Å². The highest BCUT2D eigenvalue weighted by Gasteiger charge is 2.35. The number of rotatable bonds is 22. The van der Waals surface area contributed by atoms with Gasteiger partial charge in [0.25, 0.3) is 0 Å². The van der Waals surface area contributed by atoms with E-state index in [0.717, 1.165) is 5.56 Å². The molecule has 0 fully saturated rings. The van der Waals surface area contributed by atoms with Gasteiger partial charge < -0.3 is 31.7 Å². The maximum absolute atomic E-state index is 13.8. The van der Waals surface area contributed by atoms with Crippen LogP contribution in [0.5, 0.6) is 0 Å². The van der Waals surface area contributed by atoms with Crippen LogP contribution < -0.4 is 26.6 Å². The summed E-state index contributed by atoms with van der Waals surface area (Å²) in [6.45, 7) is 11.0. The molecule has 46 heavy (non-hydrogen) atoms. The SMILES string of the molecule is CC[C@H](C)[C@H](NC(=O)[C@@H](NC(=O)[C@H](Cc1ccccc1)NC(=O)[C@H](CC(C)C)NC(=O)[C@H](CCSC)NC=O)[C@@H](C)CC)C(=O)O.